The summed E-state index contributed by atoms with van der Waals surface area (Å²) in [5.41, 5.74) is 0.462. The number of fused-ring (bicyclic) bond motifs is 1. The van der Waals surface area contributed by atoms with Crippen LogP contribution in [0.2, 0.25) is 0 Å². The summed E-state index contributed by atoms with van der Waals surface area (Å²) in [4.78, 5) is 12.1. The predicted molar refractivity (Wildman–Crippen MR) is 66.0 cm³/mol. The van der Waals surface area contributed by atoms with E-state index in [1.54, 1.807) is 18.2 Å². The Morgan fingerprint density at radius 2 is 2.11 bits per heavy atom. The van der Waals surface area contributed by atoms with Crippen molar-refractivity contribution >= 4 is 5.78 Å². The van der Waals surface area contributed by atoms with Crippen LogP contribution in [0.5, 0.6) is 5.75 Å². The van der Waals surface area contributed by atoms with Gasteiger partial charge in [0.1, 0.15) is 5.78 Å². The van der Waals surface area contributed by atoms with Gasteiger partial charge in [0, 0.05) is 12.3 Å². The molecule has 2 aliphatic rings. The van der Waals surface area contributed by atoms with Crippen molar-refractivity contribution in [2.24, 2.45) is 17.8 Å². The highest BCUT2D eigenvalue weighted by molar-refractivity contribution is 5.86. The number of ketones is 1. The van der Waals surface area contributed by atoms with Crippen LogP contribution < -0.4 is 4.74 Å². The molecule has 18 heavy (non-hydrogen) atoms. The first-order valence-electron chi connectivity index (χ1n) is 6.56. The van der Waals surface area contributed by atoms with Gasteiger partial charge in [-0.05, 0) is 36.3 Å². The van der Waals surface area contributed by atoms with Crippen LogP contribution in [0.3, 0.4) is 0 Å². The molecule has 2 unspecified atom stereocenters. The Bertz CT molecular complexity index is 473. The van der Waals surface area contributed by atoms with Crippen molar-refractivity contribution in [2.45, 2.75) is 25.7 Å². The minimum atomic E-state index is -0.390. The summed E-state index contributed by atoms with van der Waals surface area (Å²) < 4.78 is 18.9. The van der Waals surface area contributed by atoms with E-state index >= 15 is 0 Å². The van der Waals surface area contributed by atoms with Crippen molar-refractivity contribution in [3.05, 3.63) is 29.6 Å². The molecular formula is C15H17FO2. The fraction of sp³-hybridized carbons (Fsp3) is 0.533. The minimum absolute atomic E-state index is 0.205. The van der Waals surface area contributed by atoms with E-state index in [0.29, 0.717) is 17.4 Å². The molecule has 0 N–H and O–H groups in total. The summed E-state index contributed by atoms with van der Waals surface area (Å²) >= 11 is 0. The molecule has 96 valence electrons. The van der Waals surface area contributed by atoms with Crippen molar-refractivity contribution in [1.82, 2.24) is 0 Å². The molecule has 0 spiro atoms. The van der Waals surface area contributed by atoms with Crippen LogP contribution in [0, 0.1) is 23.6 Å². The molecule has 1 aromatic carbocycles. The maximum absolute atomic E-state index is 13.9. The number of carbonyl (C=O) groups is 1. The zero-order chi connectivity index (χ0) is 12.7. The summed E-state index contributed by atoms with van der Waals surface area (Å²) in [7, 11) is 1.44. The second-order valence-electron chi connectivity index (χ2n) is 5.36. The lowest BCUT2D eigenvalue weighted by atomic mass is 10.0. The van der Waals surface area contributed by atoms with E-state index < -0.39 is 0 Å². The molecule has 2 aliphatic carbocycles. The van der Waals surface area contributed by atoms with Crippen LogP contribution in [0.4, 0.5) is 4.39 Å². The third-order valence-corrected chi connectivity index (χ3v) is 4.41. The first-order chi connectivity index (χ1) is 8.72. The molecule has 0 aromatic heterocycles. The Morgan fingerprint density at radius 1 is 1.39 bits per heavy atom. The van der Waals surface area contributed by atoms with Crippen LogP contribution in [-0.2, 0) is 11.2 Å². The van der Waals surface area contributed by atoms with Crippen molar-refractivity contribution in [2.75, 3.05) is 7.11 Å². The zero-order valence-corrected chi connectivity index (χ0v) is 10.5. The Balaban J connectivity index is 1.71. The molecule has 0 radical (unpaired) electrons. The van der Waals surface area contributed by atoms with Gasteiger partial charge in [0.15, 0.2) is 11.6 Å². The average Bonchev–Trinajstić information content (AvgIpc) is 2.86. The van der Waals surface area contributed by atoms with Gasteiger partial charge < -0.3 is 4.74 Å². The van der Waals surface area contributed by atoms with E-state index in [-0.39, 0.29) is 29.7 Å². The molecule has 0 aliphatic heterocycles. The third-order valence-electron chi connectivity index (χ3n) is 4.41. The van der Waals surface area contributed by atoms with Crippen LogP contribution in [0.1, 0.15) is 24.8 Å². The number of methoxy groups -OCH3 is 1. The quantitative estimate of drug-likeness (QED) is 0.818. The summed E-state index contributed by atoms with van der Waals surface area (Å²) in [6.45, 7) is 0. The van der Waals surface area contributed by atoms with Gasteiger partial charge in [-0.1, -0.05) is 18.6 Å². The van der Waals surface area contributed by atoms with Gasteiger partial charge in [-0.15, -0.1) is 0 Å². The molecule has 0 saturated heterocycles. The largest absolute Gasteiger partial charge is 0.494 e. The van der Waals surface area contributed by atoms with Crippen LogP contribution in [0.15, 0.2) is 18.2 Å². The Hall–Kier alpha value is -1.38. The number of halogens is 1. The van der Waals surface area contributed by atoms with Gasteiger partial charge in [-0.25, -0.2) is 4.39 Å². The van der Waals surface area contributed by atoms with Gasteiger partial charge in [-0.3, -0.25) is 4.79 Å². The van der Waals surface area contributed by atoms with Gasteiger partial charge in [-0.2, -0.15) is 0 Å². The number of Topliss-reactive ketones (excluding diaryl/α,β-unsaturated/α-hetero) is 1. The number of hydrogen-bond donors (Lipinski definition) is 0. The highest BCUT2D eigenvalue weighted by atomic mass is 19.1. The topological polar surface area (TPSA) is 26.3 Å². The van der Waals surface area contributed by atoms with Crippen LogP contribution >= 0.6 is 0 Å². The zero-order valence-electron chi connectivity index (χ0n) is 10.5. The van der Waals surface area contributed by atoms with E-state index in [1.807, 2.05) is 0 Å². The molecule has 0 amide bonds. The lowest BCUT2D eigenvalue weighted by Crippen LogP contribution is -2.10. The van der Waals surface area contributed by atoms with E-state index in [9.17, 15) is 9.18 Å². The molecular weight excluding hydrogens is 231 g/mol. The lowest BCUT2D eigenvalue weighted by molar-refractivity contribution is -0.120. The predicted octanol–water partition coefficient (Wildman–Crippen LogP) is 2.99. The van der Waals surface area contributed by atoms with Gasteiger partial charge in [0.05, 0.1) is 7.11 Å². The summed E-state index contributed by atoms with van der Waals surface area (Å²) in [5, 5.41) is 0. The normalized spacial score (nSPS) is 28.9. The number of carbonyl (C=O) groups excluding carboxylic acids is 1. The van der Waals surface area contributed by atoms with Crippen molar-refractivity contribution in [1.29, 1.82) is 0 Å². The smallest absolute Gasteiger partial charge is 0.168 e. The number of hydrogen-bond acceptors (Lipinski definition) is 2. The first kappa shape index (κ1) is 11.7. The van der Waals surface area contributed by atoms with Crippen LogP contribution in [0.25, 0.3) is 0 Å². The van der Waals surface area contributed by atoms with Crippen LogP contribution in [-0.4, -0.2) is 12.9 Å². The van der Waals surface area contributed by atoms with E-state index in [4.69, 9.17) is 4.74 Å². The first-order valence-corrected chi connectivity index (χ1v) is 6.56. The standard InChI is InChI=1S/C15H17FO2/c1-18-13-7-2-4-9(15(13)16)8-12(17)14-10-5-3-6-11(10)14/h2,4,7,10-11,14H,3,5-6,8H2,1H3. The monoisotopic (exact) mass is 248 g/mol. The van der Waals surface area contributed by atoms with E-state index in [1.165, 1.54) is 26.4 Å². The molecule has 3 rings (SSSR count). The highest BCUT2D eigenvalue weighted by Crippen LogP contribution is 2.58. The van der Waals surface area contributed by atoms with Crippen molar-refractivity contribution in [3.8, 4) is 5.75 Å². The molecule has 2 nitrogen and oxygen atoms in total. The highest BCUT2D eigenvalue weighted by Gasteiger charge is 2.55. The van der Waals surface area contributed by atoms with Gasteiger partial charge in [0.2, 0.25) is 0 Å². The molecule has 3 heteroatoms. The fourth-order valence-corrected chi connectivity index (χ4v) is 3.46. The van der Waals surface area contributed by atoms with Crippen molar-refractivity contribution in [3.63, 3.8) is 0 Å². The van der Waals surface area contributed by atoms with E-state index in [2.05, 4.69) is 0 Å². The molecule has 2 atom stereocenters. The second kappa shape index (κ2) is 4.38. The number of rotatable bonds is 4. The SMILES string of the molecule is COc1cccc(CC(=O)C2C3CCCC32)c1F. The molecule has 0 bridgehead atoms. The van der Waals surface area contributed by atoms with Gasteiger partial charge >= 0.3 is 0 Å². The third kappa shape index (κ3) is 1.82. The Labute approximate surface area is 106 Å². The minimum Gasteiger partial charge on any atom is -0.494 e. The maximum Gasteiger partial charge on any atom is 0.168 e. The lowest BCUT2D eigenvalue weighted by Gasteiger charge is -2.07. The maximum atomic E-state index is 13.9. The average molecular weight is 248 g/mol. The summed E-state index contributed by atoms with van der Waals surface area (Å²) in [6.07, 6.45) is 3.83. The summed E-state index contributed by atoms with van der Waals surface area (Å²) in [6, 6.07) is 4.99. The fourth-order valence-electron chi connectivity index (χ4n) is 3.46. The molecule has 0 heterocycles. The number of benzene rings is 1. The van der Waals surface area contributed by atoms with Gasteiger partial charge in [0.25, 0.3) is 0 Å². The molecule has 2 fully saturated rings. The summed E-state index contributed by atoms with van der Waals surface area (Å²) in [5.74, 6) is 1.45. The molecule has 1 aromatic rings. The number of ether oxygens (including phenoxy) is 1. The Morgan fingerprint density at radius 3 is 2.78 bits per heavy atom. The van der Waals surface area contributed by atoms with E-state index in [0.717, 1.165) is 0 Å². The molecule has 2 saturated carbocycles. The van der Waals surface area contributed by atoms with Crippen molar-refractivity contribution < 1.29 is 13.9 Å². The second-order valence-corrected chi connectivity index (χ2v) is 5.36. The Kier molecular flexibility index (Phi) is 2.84.